The molecule has 0 radical (unpaired) electrons. The van der Waals surface area contributed by atoms with Gasteiger partial charge in [-0.2, -0.15) is 0 Å². The summed E-state index contributed by atoms with van der Waals surface area (Å²) in [6.45, 7) is 0. The smallest absolute Gasteiger partial charge is 0.245 e. The van der Waals surface area contributed by atoms with Crippen molar-refractivity contribution in [3.8, 4) is 5.69 Å². The Kier molecular flexibility index (Phi) is 2.03. The van der Waals surface area contributed by atoms with Gasteiger partial charge in [0.15, 0.2) is 0 Å². The second-order valence-corrected chi connectivity index (χ2v) is 12.1. The van der Waals surface area contributed by atoms with Gasteiger partial charge in [-0.3, -0.25) is 0 Å². The van der Waals surface area contributed by atoms with E-state index in [0.717, 1.165) is 0 Å². The van der Waals surface area contributed by atoms with E-state index >= 15 is 0 Å². The highest BCUT2D eigenvalue weighted by Crippen LogP contribution is 3.04. The summed E-state index contributed by atoms with van der Waals surface area (Å²) in [6.07, 6.45) is 1.33. The van der Waals surface area contributed by atoms with Crippen LogP contribution in [0, 0.1) is 34.5 Å². The molecular weight excluding hydrogens is 378 g/mol. The quantitative estimate of drug-likeness (QED) is 0.706. The average molecular weight is 397 g/mol. The molecular formula is C20H19N3O4S. The van der Waals surface area contributed by atoms with Gasteiger partial charge in [0.2, 0.25) is 0 Å². The lowest BCUT2D eigenvalue weighted by molar-refractivity contribution is -0.00192. The predicted molar refractivity (Wildman–Crippen MR) is 99.1 cm³/mol. The molecule has 7 aliphatic rings. The first-order valence-electron chi connectivity index (χ1n) is 10.2. The molecule has 0 N–H and O–H groups in total. The summed E-state index contributed by atoms with van der Waals surface area (Å²) in [5, 5.41) is 0. The van der Waals surface area contributed by atoms with Gasteiger partial charge in [-0.05, 0) is 48.6 Å². The number of rotatable bonds is 1. The number of para-hydroxylation sites is 1. The van der Waals surface area contributed by atoms with Gasteiger partial charge in [0.1, 0.15) is 9.84 Å². The van der Waals surface area contributed by atoms with Crippen LogP contribution in [-0.4, -0.2) is 33.9 Å². The van der Waals surface area contributed by atoms with E-state index in [0.29, 0.717) is 42.2 Å². The number of hydrogen-bond donors (Lipinski definition) is 0. The van der Waals surface area contributed by atoms with Crippen LogP contribution in [0.1, 0.15) is 24.9 Å². The van der Waals surface area contributed by atoms with E-state index in [1.54, 1.807) is 21.5 Å². The maximum Gasteiger partial charge on any atom is 0.352 e. The molecule has 1 saturated heterocycles. The van der Waals surface area contributed by atoms with Gasteiger partial charge in [0.05, 0.1) is 29.3 Å². The third kappa shape index (κ3) is 1.14. The largest absolute Gasteiger partial charge is 0.352 e. The zero-order chi connectivity index (χ0) is 18.8. The maximum absolute atomic E-state index is 13.4. The molecule has 1 aromatic heterocycles. The van der Waals surface area contributed by atoms with Crippen LogP contribution in [0.3, 0.4) is 0 Å². The molecule has 4 saturated carbocycles. The molecule has 7 nitrogen and oxygen atoms in total. The summed E-state index contributed by atoms with van der Waals surface area (Å²) in [4.78, 5) is 26.9. The van der Waals surface area contributed by atoms with E-state index in [4.69, 9.17) is 0 Å². The Morgan fingerprint density at radius 3 is 1.89 bits per heavy atom. The molecule has 4 aliphatic carbocycles. The molecule has 1 aromatic carbocycles. The van der Waals surface area contributed by atoms with Gasteiger partial charge in [0.25, 0.3) is 0 Å². The molecule has 5 fully saturated rings. The third-order valence-corrected chi connectivity index (χ3v) is 11.1. The summed E-state index contributed by atoms with van der Waals surface area (Å²) < 4.78 is 29.6. The number of nitrogens with zero attached hydrogens (tertiary/aromatic N) is 3. The van der Waals surface area contributed by atoms with E-state index in [-0.39, 0.29) is 45.8 Å². The summed E-state index contributed by atoms with van der Waals surface area (Å²) in [5.41, 5.74) is -0.0239. The van der Waals surface area contributed by atoms with E-state index in [2.05, 4.69) is 0 Å². The number of aromatic nitrogens is 3. The fourth-order valence-corrected chi connectivity index (χ4v) is 10.5. The lowest BCUT2D eigenvalue weighted by Crippen LogP contribution is -2.52. The highest BCUT2D eigenvalue weighted by atomic mass is 32.2. The minimum Gasteiger partial charge on any atom is -0.245 e. The van der Waals surface area contributed by atoms with Crippen molar-refractivity contribution in [2.45, 2.75) is 24.9 Å². The van der Waals surface area contributed by atoms with E-state index < -0.39 is 9.84 Å². The van der Waals surface area contributed by atoms with Gasteiger partial charge >= 0.3 is 11.4 Å². The molecule has 144 valence electrons. The average Bonchev–Trinajstić information content (AvgIpc) is 3.45. The van der Waals surface area contributed by atoms with Gasteiger partial charge in [-0.25, -0.2) is 31.9 Å². The number of sulfone groups is 1. The van der Waals surface area contributed by atoms with Crippen LogP contribution in [0.4, 0.5) is 0 Å². The monoisotopic (exact) mass is 397 g/mol. The Morgan fingerprint density at radius 1 is 0.821 bits per heavy atom. The SMILES string of the molecule is O=c1n(-c2ccccc2)c(=O)n2n1[C@H]1[C@H]3C4C5[C@@]16CCS(=O)(=O)CC[C@@]56[C@@H]2[C@@H]43. The van der Waals surface area contributed by atoms with Gasteiger partial charge in [-0.15, -0.1) is 0 Å². The van der Waals surface area contributed by atoms with Crippen LogP contribution in [0.15, 0.2) is 39.9 Å². The third-order valence-electron chi connectivity index (χ3n) is 9.46. The van der Waals surface area contributed by atoms with Crippen molar-refractivity contribution in [1.29, 1.82) is 0 Å². The molecule has 2 spiro atoms. The first-order valence-corrected chi connectivity index (χ1v) is 12.0. The number of benzene rings is 1. The first-order chi connectivity index (χ1) is 13.5. The van der Waals surface area contributed by atoms with Crippen molar-refractivity contribution in [3.05, 3.63) is 51.3 Å². The Balaban J connectivity index is 1.42. The Morgan fingerprint density at radius 2 is 1.36 bits per heavy atom. The van der Waals surface area contributed by atoms with Crippen molar-refractivity contribution < 1.29 is 8.42 Å². The molecule has 0 amide bonds. The summed E-state index contributed by atoms with van der Waals surface area (Å²) in [6, 6.07) is 9.16. The predicted octanol–water partition coefficient (Wildman–Crippen LogP) is 0.597. The van der Waals surface area contributed by atoms with Gasteiger partial charge < -0.3 is 0 Å². The second-order valence-electron chi connectivity index (χ2n) is 9.76. The van der Waals surface area contributed by atoms with E-state index in [9.17, 15) is 18.0 Å². The van der Waals surface area contributed by atoms with Crippen LogP contribution in [-0.2, 0) is 9.84 Å². The molecule has 0 unspecified atom stereocenters. The van der Waals surface area contributed by atoms with Gasteiger partial charge in [0, 0.05) is 10.8 Å². The van der Waals surface area contributed by atoms with E-state index in [1.165, 1.54) is 4.57 Å². The molecule has 4 heterocycles. The molecule has 2 bridgehead atoms. The topological polar surface area (TPSA) is 83.1 Å². The molecule has 9 rings (SSSR count). The Labute approximate surface area is 160 Å². The van der Waals surface area contributed by atoms with Crippen LogP contribution >= 0.6 is 0 Å². The zero-order valence-corrected chi connectivity index (χ0v) is 15.9. The lowest BCUT2D eigenvalue weighted by Gasteiger charge is -2.47. The highest BCUT2D eigenvalue weighted by Gasteiger charge is 3.02. The fourth-order valence-electron chi connectivity index (χ4n) is 9.01. The number of hydrogen-bond acceptors (Lipinski definition) is 4. The Bertz CT molecular complexity index is 1260. The standard InChI is InChI=1S/C20H19N3O4S/c24-17-21(10-4-2-1-3-5-10)18(25)23-16-13-11-12(13)15(22(17)23)19-6-8-28(26,27)9-7-20(16,19)14(11)19/h1-5,11-16H,6-9H2/t11?,12-,13-,14?,15-,16-,19-,20-/m0/s1. The van der Waals surface area contributed by atoms with Crippen LogP contribution in [0.5, 0.6) is 0 Å². The highest BCUT2D eigenvalue weighted by molar-refractivity contribution is 7.91. The summed E-state index contributed by atoms with van der Waals surface area (Å²) in [7, 11) is -3.03. The second kappa shape index (κ2) is 3.84. The van der Waals surface area contributed by atoms with Crippen molar-refractivity contribution in [1.82, 2.24) is 13.9 Å². The van der Waals surface area contributed by atoms with Crippen molar-refractivity contribution in [3.63, 3.8) is 0 Å². The Hall–Kier alpha value is -2.09. The molecule has 2 aromatic rings. The van der Waals surface area contributed by atoms with Crippen molar-refractivity contribution in [2.24, 2.45) is 34.5 Å². The van der Waals surface area contributed by atoms with Crippen molar-refractivity contribution >= 4 is 9.84 Å². The molecule has 6 atom stereocenters. The normalized spacial score (nSPS) is 49.3. The summed E-state index contributed by atoms with van der Waals surface area (Å²) in [5.74, 6) is 2.54. The van der Waals surface area contributed by atoms with Gasteiger partial charge in [-0.1, -0.05) is 18.2 Å². The minimum absolute atomic E-state index is 0.0102. The summed E-state index contributed by atoms with van der Waals surface area (Å²) >= 11 is 0. The molecule has 8 heteroatoms. The maximum atomic E-state index is 13.4. The molecule has 28 heavy (non-hydrogen) atoms. The van der Waals surface area contributed by atoms with Crippen molar-refractivity contribution in [2.75, 3.05) is 11.5 Å². The van der Waals surface area contributed by atoms with Crippen LogP contribution in [0.2, 0.25) is 0 Å². The van der Waals surface area contributed by atoms with E-state index in [1.807, 2.05) is 18.2 Å². The molecule has 3 aliphatic heterocycles. The first kappa shape index (κ1) is 14.8. The lowest BCUT2D eigenvalue weighted by atomic mass is 9.69. The fraction of sp³-hybridized carbons (Fsp3) is 0.600. The minimum atomic E-state index is -3.03. The van der Waals surface area contributed by atoms with Crippen LogP contribution in [0.25, 0.3) is 5.69 Å². The van der Waals surface area contributed by atoms with Crippen LogP contribution < -0.4 is 11.4 Å². The zero-order valence-electron chi connectivity index (χ0n) is 15.1.